The minimum Gasteiger partial charge on any atom is -0.444 e. The van der Waals surface area contributed by atoms with Crippen LogP contribution in [0.1, 0.15) is 41.0 Å². The number of amides is 1. The van der Waals surface area contributed by atoms with Gasteiger partial charge in [0.15, 0.2) is 5.78 Å². The topological polar surface area (TPSA) is 64.6 Å². The standard InChI is InChI=1S/C13H23NO4/c1-8(2)10(15)11-9(6-7-17-11)14-12(16)18-13(3,4)5/h8-9,11H,6-7H2,1-5H3,(H,14,16)/t9-,11+/m1/s1. The van der Waals surface area contributed by atoms with Crippen LogP contribution in [0.15, 0.2) is 0 Å². The Bertz CT molecular complexity index is 319. The van der Waals surface area contributed by atoms with Crippen molar-refractivity contribution in [2.75, 3.05) is 6.61 Å². The molecule has 5 heteroatoms. The smallest absolute Gasteiger partial charge is 0.407 e. The molecule has 1 N–H and O–H groups in total. The fourth-order valence-corrected chi connectivity index (χ4v) is 1.81. The van der Waals surface area contributed by atoms with Crippen LogP contribution in [0.4, 0.5) is 4.79 Å². The summed E-state index contributed by atoms with van der Waals surface area (Å²) < 4.78 is 10.6. The third kappa shape index (κ3) is 4.29. The summed E-state index contributed by atoms with van der Waals surface area (Å²) in [6, 6.07) is -0.283. The van der Waals surface area contributed by atoms with Crippen molar-refractivity contribution in [1.82, 2.24) is 5.32 Å². The Morgan fingerprint density at radius 2 is 1.94 bits per heavy atom. The first-order valence-electron chi connectivity index (χ1n) is 6.35. The number of ether oxygens (including phenoxy) is 2. The minimum atomic E-state index is -0.544. The summed E-state index contributed by atoms with van der Waals surface area (Å²) in [4.78, 5) is 23.6. The molecule has 5 nitrogen and oxygen atoms in total. The van der Waals surface area contributed by atoms with Gasteiger partial charge in [0.1, 0.15) is 11.7 Å². The van der Waals surface area contributed by atoms with Gasteiger partial charge < -0.3 is 14.8 Å². The monoisotopic (exact) mass is 257 g/mol. The second-order valence-corrected chi connectivity index (χ2v) is 5.89. The summed E-state index contributed by atoms with van der Waals surface area (Å²) in [6.45, 7) is 9.55. The van der Waals surface area contributed by atoms with Crippen molar-refractivity contribution >= 4 is 11.9 Å². The third-order valence-electron chi connectivity index (χ3n) is 2.64. The normalized spacial score (nSPS) is 24.1. The van der Waals surface area contributed by atoms with E-state index in [1.54, 1.807) is 20.8 Å². The molecule has 1 saturated heterocycles. The molecule has 1 aliphatic rings. The molecule has 0 aromatic heterocycles. The average molecular weight is 257 g/mol. The maximum atomic E-state index is 11.9. The molecule has 1 rings (SSSR count). The summed E-state index contributed by atoms with van der Waals surface area (Å²) in [5.74, 6) is -0.0791. The average Bonchev–Trinajstić information content (AvgIpc) is 2.61. The molecule has 1 amide bonds. The number of rotatable bonds is 3. The van der Waals surface area contributed by atoms with Crippen molar-refractivity contribution in [3.8, 4) is 0 Å². The Morgan fingerprint density at radius 1 is 1.33 bits per heavy atom. The molecule has 104 valence electrons. The number of nitrogens with one attached hydrogen (secondary N) is 1. The second kappa shape index (κ2) is 5.69. The second-order valence-electron chi connectivity index (χ2n) is 5.89. The molecule has 2 atom stereocenters. The summed E-state index contributed by atoms with van der Waals surface area (Å²) in [7, 11) is 0. The van der Waals surface area contributed by atoms with Crippen LogP contribution in [-0.4, -0.2) is 36.2 Å². The fourth-order valence-electron chi connectivity index (χ4n) is 1.81. The van der Waals surface area contributed by atoms with Crippen molar-refractivity contribution in [3.05, 3.63) is 0 Å². The SMILES string of the molecule is CC(C)C(=O)[C@H]1OCC[C@H]1NC(=O)OC(C)(C)C. The molecule has 1 fully saturated rings. The maximum absolute atomic E-state index is 11.9. The quantitative estimate of drug-likeness (QED) is 0.838. The van der Waals surface area contributed by atoms with E-state index in [4.69, 9.17) is 9.47 Å². The molecular formula is C13H23NO4. The molecule has 18 heavy (non-hydrogen) atoms. The predicted octanol–water partition coefficient (Wildman–Crippen LogP) is 1.89. The largest absolute Gasteiger partial charge is 0.444 e. The molecule has 0 bridgehead atoms. The number of alkyl carbamates (subject to hydrolysis) is 1. The summed E-state index contributed by atoms with van der Waals surface area (Å²) >= 11 is 0. The van der Waals surface area contributed by atoms with Crippen LogP contribution >= 0.6 is 0 Å². The van der Waals surface area contributed by atoms with Gasteiger partial charge in [-0.25, -0.2) is 4.79 Å². The van der Waals surface area contributed by atoms with E-state index in [1.165, 1.54) is 0 Å². The number of hydrogen-bond donors (Lipinski definition) is 1. The van der Waals surface area contributed by atoms with Crippen molar-refractivity contribution in [1.29, 1.82) is 0 Å². The number of hydrogen-bond acceptors (Lipinski definition) is 4. The van der Waals surface area contributed by atoms with Gasteiger partial charge >= 0.3 is 6.09 Å². The minimum absolute atomic E-state index is 0.0218. The molecule has 1 heterocycles. The molecule has 0 spiro atoms. The number of ketones is 1. The highest BCUT2D eigenvalue weighted by Gasteiger charge is 2.36. The van der Waals surface area contributed by atoms with Gasteiger partial charge in [0.25, 0.3) is 0 Å². The first kappa shape index (κ1) is 15.0. The number of Topliss-reactive ketones (excluding diaryl/α,β-unsaturated/α-hetero) is 1. The molecule has 0 aromatic carbocycles. The lowest BCUT2D eigenvalue weighted by Gasteiger charge is -2.24. The first-order valence-corrected chi connectivity index (χ1v) is 6.35. The summed E-state index contributed by atoms with van der Waals surface area (Å²) in [5, 5.41) is 2.71. The van der Waals surface area contributed by atoms with Crippen molar-refractivity contribution in [2.24, 2.45) is 5.92 Å². The zero-order valence-electron chi connectivity index (χ0n) is 11.8. The van der Waals surface area contributed by atoms with Gasteiger partial charge in [-0.1, -0.05) is 13.8 Å². The molecule has 0 saturated carbocycles. The fraction of sp³-hybridized carbons (Fsp3) is 0.846. The zero-order valence-corrected chi connectivity index (χ0v) is 11.8. The van der Waals surface area contributed by atoms with E-state index in [9.17, 15) is 9.59 Å². The Balaban J connectivity index is 2.55. The lowest BCUT2D eigenvalue weighted by Crippen LogP contribution is -2.46. The first-order chi connectivity index (χ1) is 8.20. The van der Waals surface area contributed by atoms with Gasteiger partial charge in [-0.15, -0.1) is 0 Å². The van der Waals surface area contributed by atoms with E-state index in [1.807, 2.05) is 13.8 Å². The number of carbonyl (C=O) groups excluding carboxylic acids is 2. The zero-order chi connectivity index (χ0) is 13.9. The van der Waals surface area contributed by atoms with Crippen LogP contribution in [0.5, 0.6) is 0 Å². The van der Waals surface area contributed by atoms with Gasteiger partial charge in [-0.3, -0.25) is 4.79 Å². The van der Waals surface area contributed by atoms with Crippen LogP contribution in [0.2, 0.25) is 0 Å². The lowest BCUT2D eigenvalue weighted by molar-refractivity contribution is -0.131. The van der Waals surface area contributed by atoms with Crippen LogP contribution in [-0.2, 0) is 14.3 Å². The molecule has 0 unspecified atom stereocenters. The number of carbonyl (C=O) groups is 2. The Kier molecular flexibility index (Phi) is 4.73. The van der Waals surface area contributed by atoms with Gasteiger partial charge in [0.05, 0.1) is 6.04 Å². The van der Waals surface area contributed by atoms with Crippen LogP contribution in [0.3, 0.4) is 0 Å². The van der Waals surface area contributed by atoms with Crippen molar-refractivity contribution < 1.29 is 19.1 Å². The molecule has 1 aliphatic heterocycles. The molecule has 0 aliphatic carbocycles. The van der Waals surface area contributed by atoms with Gasteiger partial charge in [0, 0.05) is 12.5 Å². The molecular weight excluding hydrogens is 234 g/mol. The van der Waals surface area contributed by atoms with E-state index in [0.29, 0.717) is 13.0 Å². The van der Waals surface area contributed by atoms with Gasteiger partial charge in [-0.2, -0.15) is 0 Å². The van der Waals surface area contributed by atoms with Crippen molar-refractivity contribution in [2.45, 2.75) is 58.8 Å². The summed E-state index contributed by atoms with van der Waals surface area (Å²) in [5.41, 5.74) is -0.541. The summed E-state index contributed by atoms with van der Waals surface area (Å²) in [6.07, 6.45) is -0.403. The third-order valence-corrected chi connectivity index (χ3v) is 2.64. The van der Waals surface area contributed by atoms with Crippen LogP contribution in [0.25, 0.3) is 0 Å². The molecule has 0 radical (unpaired) electrons. The lowest BCUT2D eigenvalue weighted by atomic mass is 9.98. The predicted molar refractivity (Wildman–Crippen MR) is 67.4 cm³/mol. The Hall–Kier alpha value is -1.10. The van der Waals surface area contributed by atoms with Crippen LogP contribution in [0, 0.1) is 5.92 Å². The highest BCUT2D eigenvalue weighted by atomic mass is 16.6. The van der Waals surface area contributed by atoms with E-state index in [0.717, 1.165) is 0 Å². The van der Waals surface area contributed by atoms with E-state index in [-0.39, 0.29) is 17.7 Å². The van der Waals surface area contributed by atoms with E-state index < -0.39 is 17.8 Å². The molecule has 0 aromatic rings. The highest BCUT2D eigenvalue weighted by molar-refractivity contribution is 5.86. The van der Waals surface area contributed by atoms with Gasteiger partial charge in [0.2, 0.25) is 0 Å². The van der Waals surface area contributed by atoms with Gasteiger partial charge in [-0.05, 0) is 27.2 Å². The Labute approximate surface area is 108 Å². The Morgan fingerprint density at radius 3 is 2.44 bits per heavy atom. The van der Waals surface area contributed by atoms with E-state index in [2.05, 4.69) is 5.32 Å². The highest BCUT2D eigenvalue weighted by Crippen LogP contribution is 2.18. The van der Waals surface area contributed by atoms with E-state index >= 15 is 0 Å². The van der Waals surface area contributed by atoms with Crippen molar-refractivity contribution in [3.63, 3.8) is 0 Å². The maximum Gasteiger partial charge on any atom is 0.407 e. The van der Waals surface area contributed by atoms with Crippen LogP contribution < -0.4 is 5.32 Å².